The Morgan fingerprint density at radius 2 is 2.14 bits per heavy atom. The zero-order valence-corrected chi connectivity index (χ0v) is 13.2. The van der Waals surface area contributed by atoms with E-state index < -0.39 is 5.97 Å². The topological polar surface area (TPSA) is 75.6 Å². The first-order chi connectivity index (χ1) is 10.5. The Bertz CT molecular complexity index is 640. The molecular formula is C16H18ClNO4. The molecule has 0 radical (unpaired) electrons. The standard InChI is InChI=1S/C16H18ClNO4/c1-9(19)18-14-12(17)8-11(16(21)22-2)15(20)13(14)10-6-4-3-5-7-10/h3-4,8,10,20H,5-7H2,1-2H3,(H,18,19). The predicted molar refractivity (Wildman–Crippen MR) is 84.5 cm³/mol. The van der Waals surface area contributed by atoms with Crippen molar-refractivity contribution in [2.24, 2.45) is 0 Å². The molecule has 0 spiro atoms. The molecule has 1 aliphatic rings. The SMILES string of the molecule is COC(=O)c1cc(Cl)c(NC(C)=O)c(C2CC=CCC2)c1O. The molecule has 6 heteroatoms. The lowest BCUT2D eigenvalue weighted by Gasteiger charge is -2.24. The molecule has 118 valence electrons. The van der Waals surface area contributed by atoms with Gasteiger partial charge in [0.2, 0.25) is 5.91 Å². The van der Waals surface area contributed by atoms with Crippen molar-refractivity contribution in [1.82, 2.24) is 0 Å². The number of carbonyl (C=O) groups excluding carboxylic acids is 2. The first-order valence-corrected chi connectivity index (χ1v) is 7.39. The first kappa shape index (κ1) is 16.4. The van der Waals surface area contributed by atoms with Crippen LogP contribution in [0.4, 0.5) is 5.69 Å². The lowest BCUT2D eigenvalue weighted by molar-refractivity contribution is -0.114. The van der Waals surface area contributed by atoms with E-state index in [1.807, 2.05) is 6.08 Å². The van der Waals surface area contributed by atoms with Crippen LogP contribution in [0.2, 0.25) is 5.02 Å². The quantitative estimate of drug-likeness (QED) is 0.658. The van der Waals surface area contributed by atoms with Crippen LogP contribution in [0, 0.1) is 0 Å². The molecule has 1 aliphatic carbocycles. The van der Waals surface area contributed by atoms with Gasteiger partial charge in [-0.15, -0.1) is 0 Å². The van der Waals surface area contributed by atoms with Crippen LogP contribution < -0.4 is 5.32 Å². The second-order valence-electron chi connectivity index (χ2n) is 5.20. The fraction of sp³-hybridized carbons (Fsp3) is 0.375. The number of methoxy groups -OCH3 is 1. The molecule has 0 heterocycles. The number of allylic oxidation sites excluding steroid dienone is 2. The van der Waals surface area contributed by atoms with Crippen LogP contribution in [0.25, 0.3) is 0 Å². The summed E-state index contributed by atoms with van der Waals surface area (Å²) in [6, 6.07) is 1.32. The molecule has 5 nitrogen and oxygen atoms in total. The van der Waals surface area contributed by atoms with E-state index in [9.17, 15) is 14.7 Å². The predicted octanol–water partition coefficient (Wildman–Crippen LogP) is 3.61. The van der Waals surface area contributed by atoms with Crippen molar-refractivity contribution in [2.45, 2.75) is 32.1 Å². The van der Waals surface area contributed by atoms with E-state index in [0.29, 0.717) is 17.7 Å². The van der Waals surface area contributed by atoms with E-state index in [0.717, 1.165) is 12.8 Å². The summed E-state index contributed by atoms with van der Waals surface area (Å²) in [4.78, 5) is 23.2. The van der Waals surface area contributed by atoms with E-state index in [1.165, 1.54) is 20.1 Å². The number of phenols is 1. The number of benzene rings is 1. The van der Waals surface area contributed by atoms with Crippen LogP contribution in [0.1, 0.15) is 48.0 Å². The Morgan fingerprint density at radius 3 is 2.68 bits per heavy atom. The Hall–Kier alpha value is -2.01. The van der Waals surface area contributed by atoms with Gasteiger partial charge in [-0.2, -0.15) is 0 Å². The van der Waals surface area contributed by atoms with Crippen molar-refractivity contribution >= 4 is 29.2 Å². The number of phenolic OH excluding ortho intramolecular Hbond substituents is 1. The minimum atomic E-state index is -0.665. The molecule has 1 aromatic rings. The fourth-order valence-electron chi connectivity index (χ4n) is 2.68. The van der Waals surface area contributed by atoms with Gasteiger partial charge >= 0.3 is 5.97 Å². The summed E-state index contributed by atoms with van der Waals surface area (Å²) < 4.78 is 4.68. The van der Waals surface area contributed by atoms with Crippen molar-refractivity contribution < 1.29 is 19.4 Å². The summed E-state index contributed by atoms with van der Waals surface area (Å²) in [6.07, 6.45) is 6.46. The van der Waals surface area contributed by atoms with Crippen LogP contribution in [0.3, 0.4) is 0 Å². The molecule has 2 N–H and O–H groups in total. The average Bonchev–Trinajstić information content (AvgIpc) is 2.50. The number of esters is 1. The summed E-state index contributed by atoms with van der Waals surface area (Å²) in [7, 11) is 1.24. The highest BCUT2D eigenvalue weighted by molar-refractivity contribution is 6.34. The van der Waals surface area contributed by atoms with Crippen molar-refractivity contribution in [3.8, 4) is 5.75 Å². The molecule has 0 fully saturated rings. The molecule has 22 heavy (non-hydrogen) atoms. The Morgan fingerprint density at radius 1 is 1.41 bits per heavy atom. The molecular weight excluding hydrogens is 306 g/mol. The molecule has 0 aromatic heterocycles. The van der Waals surface area contributed by atoms with E-state index in [2.05, 4.69) is 16.1 Å². The maximum absolute atomic E-state index is 11.8. The second-order valence-corrected chi connectivity index (χ2v) is 5.60. The molecule has 2 rings (SSSR count). The van der Waals surface area contributed by atoms with Gasteiger partial charge in [0, 0.05) is 12.5 Å². The number of amides is 1. The molecule has 0 saturated heterocycles. The van der Waals surface area contributed by atoms with Crippen LogP contribution in [-0.2, 0) is 9.53 Å². The fourth-order valence-corrected chi connectivity index (χ4v) is 2.94. The van der Waals surface area contributed by atoms with Gasteiger partial charge in [-0.1, -0.05) is 23.8 Å². The second kappa shape index (κ2) is 6.83. The Balaban J connectivity index is 2.62. The maximum Gasteiger partial charge on any atom is 0.341 e. The van der Waals surface area contributed by atoms with Gasteiger partial charge in [-0.25, -0.2) is 4.79 Å². The number of nitrogens with one attached hydrogen (secondary N) is 1. The smallest absolute Gasteiger partial charge is 0.341 e. The third-order valence-corrected chi connectivity index (χ3v) is 3.97. The van der Waals surface area contributed by atoms with E-state index in [-0.39, 0.29) is 28.2 Å². The first-order valence-electron chi connectivity index (χ1n) is 7.02. The normalized spacial score (nSPS) is 17.1. The van der Waals surface area contributed by atoms with Crippen LogP contribution in [0.15, 0.2) is 18.2 Å². The summed E-state index contributed by atoms with van der Waals surface area (Å²) >= 11 is 6.22. The zero-order valence-electron chi connectivity index (χ0n) is 12.5. The van der Waals surface area contributed by atoms with Crippen molar-refractivity contribution in [3.05, 3.63) is 34.4 Å². The van der Waals surface area contributed by atoms with E-state index in [1.54, 1.807) is 0 Å². The van der Waals surface area contributed by atoms with Gasteiger partial charge in [0.25, 0.3) is 0 Å². The van der Waals surface area contributed by atoms with Gasteiger partial charge in [0.15, 0.2) is 0 Å². The van der Waals surface area contributed by atoms with Gasteiger partial charge < -0.3 is 15.2 Å². The largest absolute Gasteiger partial charge is 0.507 e. The zero-order chi connectivity index (χ0) is 16.3. The minimum Gasteiger partial charge on any atom is -0.507 e. The third-order valence-electron chi connectivity index (χ3n) is 3.67. The monoisotopic (exact) mass is 323 g/mol. The van der Waals surface area contributed by atoms with Crippen LogP contribution in [0.5, 0.6) is 5.75 Å². The van der Waals surface area contributed by atoms with Gasteiger partial charge in [-0.3, -0.25) is 4.79 Å². The van der Waals surface area contributed by atoms with Gasteiger partial charge in [0.05, 0.1) is 17.8 Å². The van der Waals surface area contributed by atoms with Crippen LogP contribution in [-0.4, -0.2) is 24.1 Å². The van der Waals surface area contributed by atoms with Crippen molar-refractivity contribution in [3.63, 3.8) is 0 Å². The number of halogens is 1. The molecule has 0 bridgehead atoms. The molecule has 1 atom stereocenters. The number of carbonyl (C=O) groups is 2. The summed E-state index contributed by atoms with van der Waals surface area (Å²) in [6.45, 7) is 1.37. The summed E-state index contributed by atoms with van der Waals surface area (Å²) in [5.41, 5.74) is 0.859. The summed E-state index contributed by atoms with van der Waals surface area (Å²) in [5, 5.41) is 13.4. The number of hydrogen-bond acceptors (Lipinski definition) is 4. The highest BCUT2D eigenvalue weighted by atomic mass is 35.5. The van der Waals surface area contributed by atoms with Crippen molar-refractivity contribution in [1.29, 1.82) is 0 Å². The lowest BCUT2D eigenvalue weighted by atomic mass is 9.85. The minimum absolute atomic E-state index is 0.00570. The maximum atomic E-state index is 11.8. The number of aromatic hydroxyl groups is 1. The van der Waals surface area contributed by atoms with Crippen molar-refractivity contribution in [2.75, 3.05) is 12.4 Å². The van der Waals surface area contributed by atoms with E-state index >= 15 is 0 Å². The molecule has 1 aromatic carbocycles. The number of rotatable bonds is 3. The van der Waals surface area contributed by atoms with Gasteiger partial charge in [-0.05, 0) is 31.2 Å². The Kier molecular flexibility index (Phi) is 5.08. The highest BCUT2D eigenvalue weighted by Gasteiger charge is 2.27. The molecule has 1 unspecified atom stereocenters. The molecule has 1 amide bonds. The number of anilines is 1. The van der Waals surface area contributed by atoms with Crippen LogP contribution >= 0.6 is 11.6 Å². The lowest BCUT2D eigenvalue weighted by Crippen LogP contribution is -2.14. The van der Waals surface area contributed by atoms with Gasteiger partial charge in [0.1, 0.15) is 11.3 Å². The van der Waals surface area contributed by atoms with E-state index in [4.69, 9.17) is 11.6 Å². The molecule has 0 aliphatic heterocycles. The highest BCUT2D eigenvalue weighted by Crippen LogP contribution is 2.44. The third kappa shape index (κ3) is 3.25. The Labute approximate surface area is 133 Å². The number of hydrogen-bond donors (Lipinski definition) is 2. The summed E-state index contributed by atoms with van der Waals surface area (Å²) in [5.74, 6) is -1.16. The average molecular weight is 324 g/mol. The molecule has 0 saturated carbocycles. The number of ether oxygens (including phenoxy) is 1.